The summed E-state index contributed by atoms with van der Waals surface area (Å²) < 4.78 is 13.5. The fourth-order valence-electron chi connectivity index (χ4n) is 5.27. The Balaban J connectivity index is 1.19. The lowest BCUT2D eigenvalue weighted by atomic mass is 9.87. The van der Waals surface area contributed by atoms with Crippen LogP contribution in [0.25, 0.3) is 11.0 Å². The van der Waals surface area contributed by atoms with Crippen LogP contribution in [0.15, 0.2) is 30.7 Å². The molecule has 1 N–H and O–H groups in total. The Hall–Kier alpha value is -2.58. The maximum atomic E-state index is 13.5. The zero-order valence-corrected chi connectivity index (χ0v) is 21.0. The van der Waals surface area contributed by atoms with E-state index in [1.54, 1.807) is 12.3 Å². The van der Waals surface area contributed by atoms with Crippen molar-refractivity contribution in [2.75, 3.05) is 43.4 Å². The summed E-state index contributed by atoms with van der Waals surface area (Å²) in [6.07, 6.45) is 12.4. The molecule has 7 nitrogen and oxygen atoms in total. The van der Waals surface area contributed by atoms with Crippen molar-refractivity contribution < 1.29 is 4.39 Å². The average Bonchev–Trinajstić information content (AvgIpc) is 2.88. The molecule has 0 spiro atoms. The van der Waals surface area contributed by atoms with Crippen molar-refractivity contribution in [3.05, 3.63) is 41.6 Å². The topological polar surface area (TPSA) is 70.1 Å². The van der Waals surface area contributed by atoms with E-state index in [0.29, 0.717) is 28.5 Å². The molecule has 2 aromatic heterocycles. The van der Waals surface area contributed by atoms with Crippen LogP contribution in [0.5, 0.6) is 0 Å². The monoisotopic (exact) mass is 497 g/mol. The second kappa shape index (κ2) is 11.0. The smallest absolute Gasteiger partial charge is 0.226 e. The lowest BCUT2D eigenvalue weighted by molar-refractivity contribution is 0.206. The molecule has 2 aliphatic heterocycles. The van der Waals surface area contributed by atoms with Gasteiger partial charge in [0.05, 0.1) is 11.2 Å². The fraction of sp³-hybridized carbons (Fsp3) is 0.538. The summed E-state index contributed by atoms with van der Waals surface area (Å²) in [6, 6.07) is 4.48. The molecule has 2 fully saturated rings. The van der Waals surface area contributed by atoms with Gasteiger partial charge in [-0.15, -0.1) is 0 Å². The van der Waals surface area contributed by atoms with Gasteiger partial charge in [-0.3, -0.25) is 0 Å². The molecular formula is C26H33ClFN7. The molecule has 5 rings (SSSR count). The molecule has 0 atom stereocenters. The van der Waals surface area contributed by atoms with Crippen molar-refractivity contribution in [1.82, 2.24) is 24.8 Å². The van der Waals surface area contributed by atoms with Crippen molar-refractivity contribution >= 4 is 40.1 Å². The first-order valence-electron chi connectivity index (χ1n) is 12.7. The number of hydrogen-bond acceptors (Lipinski definition) is 7. The average molecular weight is 498 g/mol. The molecule has 3 aromatic rings. The highest BCUT2D eigenvalue weighted by Crippen LogP contribution is 2.30. The number of anilines is 3. The normalized spacial score (nSPS) is 18.3. The van der Waals surface area contributed by atoms with Gasteiger partial charge < -0.3 is 15.1 Å². The highest BCUT2D eigenvalue weighted by molar-refractivity contribution is 6.31. The summed E-state index contributed by atoms with van der Waals surface area (Å²) in [5, 5.41) is 3.24. The number of rotatable bonds is 7. The third kappa shape index (κ3) is 5.98. The minimum absolute atomic E-state index is 0.0536. The van der Waals surface area contributed by atoms with Gasteiger partial charge in [0.15, 0.2) is 5.82 Å². The molecule has 4 heterocycles. The van der Waals surface area contributed by atoms with Gasteiger partial charge in [-0.1, -0.05) is 30.9 Å². The number of hydrogen-bond donors (Lipinski definition) is 1. The Kier molecular flexibility index (Phi) is 7.58. The van der Waals surface area contributed by atoms with E-state index < -0.39 is 5.82 Å². The van der Waals surface area contributed by atoms with E-state index in [1.165, 1.54) is 76.5 Å². The molecule has 0 unspecified atom stereocenters. The third-order valence-electron chi connectivity index (χ3n) is 7.51. The summed E-state index contributed by atoms with van der Waals surface area (Å²) in [5.74, 6) is 2.51. The quantitative estimate of drug-likeness (QED) is 0.450. The molecule has 0 radical (unpaired) electrons. The molecule has 0 saturated carbocycles. The van der Waals surface area contributed by atoms with E-state index in [2.05, 4.69) is 37.1 Å². The Morgan fingerprint density at radius 3 is 2.43 bits per heavy atom. The van der Waals surface area contributed by atoms with Gasteiger partial charge in [-0.2, -0.15) is 0 Å². The van der Waals surface area contributed by atoms with Crippen molar-refractivity contribution in [1.29, 1.82) is 0 Å². The highest BCUT2D eigenvalue weighted by Gasteiger charge is 2.23. The first kappa shape index (κ1) is 24.1. The molecule has 0 aliphatic carbocycles. The van der Waals surface area contributed by atoms with E-state index in [1.807, 2.05) is 0 Å². The molecule has 0 bridgehead atoms. The van der Waals surface area contributed by atoms with Gasteiger partial charge in [0.1, 0.15) is 23.2 Å². The fourth-order valence-corrected chi connectivity index (χ4v) is 5.45. The number of nitrogens with one attached hydrogen (secondary N) is 1. The molecule has 0 amide bonds. The standard InChI is InChI=1S/C26H33ClFN7/c1-34-11-7-18(8-12-34)3-2-4-19-9-13-35(14-10-19)26-29-16-23-24(33-26)25(31-17-30-23)32-20-5-6-22(28)21(27)15-20/h5-6,15-19H,2-4,7-14H2,1H3,(H,30,31,32). The van der Waals surface area contributed by atoms with Crippen LogP contribution in [-0.2, 0) is 0 Å². The first-order chi connectivity index (χ1) is 17.0. The summed E-state index contributed by atoms with van der Waals surface area (Å²) in [5.41, 5.74) is 1.93. The molecule has 2 aliphatic rings. The van der Waals surface area contributed by atoms with E-state index in [9.17, 15) is 4.39 Å². The van der Waals surface area contributed by atoms with E-state index >= 15 is 0 Å². The van der Waals surface area contributed by atoms with Crippen LogP contribution in [0.4, 0.5) is 21.8 Å². The van der Waals surface area contributed by atoms with E-state index in [-0.39, 0.29) is 5.02 Å². The summed E-state index contributed by atoms with van der Waals surface area (Å²) in [6.45, 7) is 4.45. The van der Waals surface area contributed by atoms with Gasteiger partial charge in [0, 0.05) is 18.8 Å². The predicted octanol–water partition coefficient (Wildman–Crippen LogP) is 5.68. The van der Waals surface area contributed by atoms with Crippen LogP contribution < -0.4 is 10.2 Å². The molecule has 186 valence electrons. The van der Waals surface area contributed by atoms with Crippen LogP contribution in [0.1, 0.15) is 44.9 Å². The SMILES string of the molecule is CN1CCC(CCCC2CCN(c3ncc4ncnc(Nc5ccc(F)c(Cl)c5)c4n3)CC2)CC1. The molecule has 9 heteroatoms. The lowest BCUT2D eigenvalue weighted by Crippen LogP contribution is -2.35. The summed E-state index contributed by atoms with van der Waals surface area (Å²) in [7, 11) is 2.23. The lowest BCUT2D eigenvalue weighted by Gasteiger charge is -2.33. The van der Waals surface area contributed by atoms with Gasteiger partial charge >= 0.3 is 0 Å². The molecule has 1 aromatic carbocycles. The number of aromatic nitrogens is 4. The van der Waals surface area contributed by atoms with Crippen molar-refractivity contribution in [3.8, 4) is 0 Å². The first-order valence-corrected chi connectivity index (χ1v) is 13.1. The van der Waals surface area contributed by atoms with Crippen LogP contribution in [-0.4, -0.2) is 58.1 Å². The number of likely N-dealkylation sites (tertiary alicyclic amines) is 1. The Labute approximate surface area is 211 Å². The predicted molar refractivity (Wildman–Crippen MR) is 139 cm³/mol. The minimum atomic E-state index is -0.459. The van der Waals surface area contributed by atoms with Gasteiger partial charge in [-0.25, -0.2) is 24.3 Å². The van der Waals surface area contributed by atoms with Crippen LogP contribution in [0.3, 0.4) is 0 Å². The Morgan fingerprint density at radius 1 is 1.00 bits per heavy atom. The largest absolute Gasteiger partial charge is 0.341 e. The van der Waals surface area contributed by atoms with Crippen molar-refractivity contribution in [2.24, 2.45) is 11.8 Å². The Bertz CT molecular complexity index is 1140. The second-order valence-corrected chi connectivity index (χ2v) is 10.4. The molecule has 2 saturated heterocycles. The maximum Gasteiger partial charge on any atom is 0.226 e. The van der Waals surface area contributed by atoms with E-state index in [0.717, 1.165) is 24.9 Å². The number of halogens is 2. The van der Waals surface area contributed by atoms with Crippen LogP contribution >= 0.6 is 11.6 Å². The zero-order valence-electron chi connectivity index (χ0n) is 20.3. The van der Waals surface area contributed by atoms with Crippen LogP contribution in [0.2, 0.25) is 5.02 Å². The maximum absolute atomic E-state index is 13.5. The molecular weight excluding hydrogens is 465 g/mol. The van der Waals surface area contributed by atoms with Crippen LogP contribution in [0, 0.1) is 17.7 Å². The summed E-state index contributed by atoms with van der Waals surface area (Å²) >= 11 is 5.93. The van der Waals surface area contributed by atoms with Crippen molar-refractivity contribution in [3.63, 3.8) is 0 Å². The third-order valence-corrected chi connectivity index (χ3v) is 7.80. The second-order valence-electron chi connectivity index (χ2n) is 9.99. The van der Waals surface area contributed by atoms with E-state index in [4.69, 9.17) is 16.6 Å². The Morgan fingerprint density at radius 2 is 1.71 bits per heavy atom. The highest BCUT2D eigenvalue weighted by atomic mass is 35.5. The van der Waals surface area contributed by atoms with Gasteiger partial charge in [0.2, 0.25) is 5.95 Å². The van der Waals surface area contributed by atoms with Crippen molar-refractivity contribution in [2.45, 2.75) is 44.9 Å². The van der Waals surface area contributed by atoms with Gasteiger partial charge in [-0.05, 0) is 75.9 Å². The minimum Gasteiger partial charge on any atom is -0.341 e. The molecule has 35 heavy (non-hydrogen) atoms. The zero-order chi connectivity index (χ0) is 24.2. The number of piperidine rings is 2. The number of fused-ring (bicyclic) bond motifs is 1. The number of benzene rings is 1. The summed E-state index contributed by atoms with van der Waals surface area (Å²) in [4.78, 5) is 22.8. The van der Waals surface area contributed by atoms with Gasteiger partial charge in [0.25, 0.3) is 0 Å². The number of nitrogens with zero attached hydrogens (tertiary/aromatic N) is 6.